The van der Waals surface area contributed by atoms with Crippen molar-refractivity contribution < 1.29 is 4.92 Å². The molecular weight excluding hydrogens is 204 g/mol. The summed E-state index contributed by atoms with van der Waals surface area (Å²) >= 11 is 5.66. The van der Waals surface area contributed by atoms with E-state index in [0.29, 0.717) is 18.0 Å². The van der Waals surface area contributed by atoms with Gasteiger partial charge >= 0.3 is 0 Å². The molecule has 0 bridgehead atoms. The summed E-state index contributed by atoms with van der Waals surface area (Å²) in [5, 5.41) is 10.7. The molecule has 0 spiro atoms. The predicted molar refractivity (Wildman–Crippen MR) is 54.4 cm³/mol. The van der Waals surface area contributed by atoms with E-state index in [4.69, 9.17) is 11.6 Å². The first kappa shape index (κ1) is 10.9. The molecule has 5 heteroatoms. The van der Waals surface area contributed by atoms with Crippen LogP contribution in [0.2, 0.25) is 5.15 Å². The minimum Gasteiger partial charge on any atom is -0.258 e. The van der Waals surface area contributed by atoms with Gasteiger partial charge in [-0.15, -0.1) is 0 Å². The number of halogens is 1. The molecule has 1 heterocycles. The zero-order chi connectivity index (χ0) is 10.7. The van der Waals surface area contributed by atoms with E-state index >= 15 is 0 Å². The summed E-state index contributed by atoms with van der Waals surface area (Å²) in [6, 6.07) is 2.72. The predicted octanol–water partition coefficient (Wildman–Crippen LogP) is 2.84. The maximum absolute atomic E-state index is 10.5. The minimum absolute atomic E-state index is 0.000602. The Labute approximate surface area is 87.1 Å². The van der Waals surface area contributed by atoms with E-state index in [1.165, 1.54) is 12.1 Å². The highest BCUT2D eigenvalue weighted by Gasteiger charge is 2.10. The lowest BCUT2D eigenvalue weighted by molar-refractivity contribution is -0.385. The third-order valence-electron chi connectivity index (χ3n) is 1.66. The molecule has 0 aromatic carbocycles. The second-order valence-electron chi connectivity index (χ2n) is 3.49. The lowest BCUT2D eigenvalue weighted by atomic mass is 10.1. The molecule has 14 heavy (non-hydrogen) atoms. The van der Waals surface area contributed by atoms with Crippen LogP contribution < -0.4 is 0 Å². The van der Waals surface area contributed by atoms with E-state index in [0.717, 1.165) is 0 Å². The van der Waals surface area contributed by atoms with Gasteiger partial charge in [0.15, 0.2) is 0 Å². The first-order valence-electron chi connectivity index (χ1n) is 4.30. The Kier molecular flexibility index (Phi) is 3.41. The van der Waals surface area contributed by atoms with Gasteiger partial charge < -0.3 is 0 Å². The molecule has 1 rings (SSSR count). The molecule has 1 aromatic heterocycles. The van der Waals surface area contributed by atoms with Gasteiger partial charge in [0.05, 0.1) is 11.0 Å². The van der Waals surface area contributed by atoms with Crippen LogP contribution in [-0.4, -0.2) is 9.91 Å². The zero-order valence-electron chi connectivity index (χ0n) is 8.03. The molecule has 4 nitrogen and oxygen atoms in total. The van der Waals surface area contributed by atoms with Gasteiger partial charge in [0.1, 0.15) is 5.15 Å². The molecule has 0 aliphatic heterocycles. The van der Waals surface area contributed by atoms with Gasteiger partial charge in [-0.05, 0) is 12.3 Å². The Morgan fingerprint density at radius 1 is 1.57 bits per heavy atom. The Balaban J connectivity index is 3.01. The minimum atomic E-state index is -0.461. The monoisotopic (exact) mass is 214 g/mol. The van der Waals surface area contributed by atoms with Crippen molar-refractivity contribution in [3.63, 3.8) is 0 Å². The Morgan fingerprint density at radius 3 is 2.71 bits per heavy atom. The molecule has 0 saturated carbocycles. The molecule has 0 unspecified atom stereocenters. The van der Waals surface area contributed by atoms with Crippen molar-refractivity contribution in [3.05, 3.63) is 33.1 Å². The fraction of sp³-hybridized carbons (Fsp3) is 0.444. The van der Waals surface area contributed by atoms with E-state index in [2.05, 4.69) is 4.98 Å². The van der Waals surface area contributed by atoms with Crippen molar-refractivity contribution >= 4 is 17.3 Å². The van der Waals surface area contributed by atoms with Crippen LogP contribution in [0.1, 0.15) is 19.5 Å². The topological polar surface area (TPSA) is 56.0 Å². The molecule has 0 amide bonds. The van der Waals surface area contributed by atoms with Crippen molar-refractivity contribution in [2.24, 2.45) is 5.92 Å². The quantitative estimate of drug-likeness (QED) is 0.442. The lowest BCUT2D eigenvalue weighted by Crippen LogP contribution is -1.99. The first-order valence-corrected chi connectivity index (χ1v) is 4.67. The smallest absolute Gasteiger partial charge is 0.258 e. The van der Waals surface area contributed by atoms with Crippen LogP contribution in [0.5, 0.6) is 0 Å². The van der Waals surface area contributed by atoms with Crippen LogP contribution in [0.15, 0.2) is 12.1 Å². The molecule has 0 radical (unpaired) electrons. The van der Waals surface area contributed by atoms with Crippen LogP contribution in [0.3, 0.4) is 0 Å². The average molecular weight is 215 g/mol. The average Bonchev–Trinajstić information content (AvgIpc) is 2.01. The van der Waals surface area contributed by atoms with Crippen LogP contribution in [0, 0.1) is 16.0 Å². The van der Waals surface area contributed by atoms with Crippen molar-refractivity contribution in [2.45, 2.75) is 20.3 Å². The highest BCUT2D eigenvalue weighted by Crippen LogP contribution is 2.19. The maximum atomic E-state index is 10.5. The van der Waals surface area contributed by atoms with Gasteiger partial charge in [0.2, 0.25) is 0 Å². The van der Waals surface area contributed by atoms with Gasteiger partial charge in [0.25, 0.3) is 5.69 Å². The van der Waals surface area contributed by atoms with Gasteiger partial charge in [-0.2, -0.15) is 0 Å². The lowest BCUT2D eigenvalue weighted by Gasteiger charge is -2.03. The molecular formula is C9H11ClN2O2. The van der Waals surface area contributed by atoms with E-state index in [9.17, 15) is 10.1 Å². The van der Waals surface area contributed by atoms with Gasteiger partial charge in [-0.1, -0.05) is 25.4 Å². The normalized spacial score (nSPS) is 10.6. The summed E-state index contributed by atoms with van der Waals surface area (Å²) in [5.41, 5.74) is 0.667. The van der Waals surface area contributed by atoms with Crippen LogP contribution in [0.4, 0.5) is 5.69 Å². The number of aromatic nitrogens is 1. The standard InChI is InChI=1S/C9H11ClN2O2/c1-6(2)3-7-4-8(12(13)14)5-9(10)11-7/h4-6H,3H2,1-2H3. The third-order valence-corrected chi connectivity index (χ3v) is 1.85. The summed E-state index contributed by atoms with van der Waals surface area (Å²) < 4.78 is 0. The Hall–Kier alpha value is -1.16. The van der Waals surface area contributed by atoms with Crippen LogP contribution >= 0.6 is 11.6 Å². The molecule has 1 aromatic rings. The summed E-state index contributed by atoms with van der Waals surface area (Å²) in [4.78, 5) is 14.1. The van der Waals surface area contributed by atoms with Crippen molar-refractivity contribution in [1.82, 2.24) is 4.98 Å². The highest BCUT2D eigenvalue weighted by atomic mass is 35.5. The van der Waals surface area contributed by atoms with E-state index in [1.54, 1.807) is 0 Å². The first-order chi connectivity index (χ1) is 6.49. The third kappa shape index (κ3) is 2.96. The van der Waals surface area contributed by atoms with E-state index in [1.807, 2.05) is 13.8 Å². The molecule has 0 atom stereocenters. The number of nitrogens with zero attached hydrogens (tertiary/aromatic N) is 2. The van der Waals surface area contributed by atoms with Gasteiger partial charge in [-0.3, -0.25) is 10.1 Å². The van der Waals surface area contributed by atoms with E-state index in [-0.39, 0.29) is 10.8 Å². The fourth-order valence-electron chi connectivity index (χ4n) is 1.16. The zero-order valence-corrected chi connectivity index (χ0v) is 8.78. The van der Waals surface area contributed by atoms with Crippen LogP contribution in [0.25, 0.3) is 0 Å². The number of hydrogen-bond acceptors (Lipinski definition) is 3. The van der Waals surface area contributed by atoms with Crippen molar-refractivity contribution in [3.8, 4) is 0 Å². The fourth-order valence-corrected chi connectivity index (χ4v) is 1.38. The molecule has 0 aliphatic rings. The summed E-state index contributed by atoms with van der Waals surface area (Å²) in [7, 11) is 0. The molecule has 0 N–H and O–H groups in total. The molecule has 0 saturated heterocycles. The molecule has 0 aliphatic carbocycles. The molecule has 0 fully saturated rings. The summed E-state index contributed by atoms with van der Waals surface area (Å²) in [6.07, 6.45) is 0.696. The van der Waals surface area contributed by atoms with E-state index < -0.39 is 4.92 Å². The Bertz CT molecular complexity index is 353. The number of rotatable bonds is 3. The largest absolute Gasteiger partial charge is 0.274 e. The van der Waals surface area contributed by atoms with Crippen LogP contribution in [-0.2, 0) is 6.42 Å². The highest BCUT2D eigenvalue weighted by molar-refractivity contribution is 6.29. The molecule has 76 valence electrons. The maximum Gasteiger partial charge on any atom is 0.274 e. The number of pyridine rings is 1. The number of nitro groups is 1. The number of hydrogen-bond donors (Lipinski definition) is 0. The van der Waals surface area contributed by atoms with Gasteiger partial charge in [-0.25, -0.2) is 4.98 Å². The van der Waals surface area contributed by atoms with Gasteiger partial charge in [0, 0.05) is 11.8 Å². The second-order valence-corrected chi connectivity index (χ2v) is 3.88. The van der Waals surface area contributed by atoms with Crippen molar-refractivity contribution in [1.29, 1.82) is 0 Å². The summed E-state index contributed by atoms with van der Waals surface area (Å²) in [6.45, 7) is 4.04. The SMILES string of the molecule is CC(C)Cc1cc([N+](=O)[O-])cc(Cl)n1. The van der Waals surface area contributed by atoms with Crippen molar-refractivity contribution in [2.75, 3.05) is 0 Å². The Morgan fingerprint density at radius 2 is 2.21 bits per heavy atom. The summed E-state index contributed by atoms with van der Waals surface area (Å²) in [5.74, 6) is 0.403. The second kappa shape index (κ2) is 4.37.